The van der Waals surface area contributed by atoms with Gasteiger partial charge in [-0.1, -0.05) is 41.7 Å². The number of hydrogen-bond acceptors (Lipinski definition) is 8. The van der Waals surface area contributed by atoms with Crippen LogP contribution in [-0.2, 0) is 11.0 Å². The molecule has 10 nitrogen and oxygen atoms in total. The molecule has 2 N–H and O–H groups in total. The topological polar surface area (TPSA) is 122 Å². The van der Waals surface area contributed by atoms with Crippen LogP contribution in [0.5, 0.6) is 11.8 Å². The molecule has 4 heterocycles. The normalized spacial score (nSPS) is 14.8. The van der Waals surface area contributed by atoms with Crippen molar-refractivity contribution < 1.29 is 27.5 Å². The van der Waals surface area contributed by atoms with Crippen molar-refractivity contribution in [2.45, 2.75) is 32.0 Å². The summed E-state index contributed by atoms with van der Waals surface area (Å²) in [5, 5.41) is 5.62. The van der Waals surface area contributed by atoms with Gasteiger partial charge in [-0.05, 0) is 49.2 Å². The maximum Gasteiger partial charge on any atom is 0.417 e. The Labute approximate surface area is 259 Å². The number of pyridine rings is 1. The van der Waals surface area contributed by atoms with Crippen molar-refractivity contribution in [3.05, 3.63) is 91.0 Å². The first kappa shape index (κ1) is 29.7. The molecule has 1 unspecified atom stereocenters. The van der Waals surface area contributed by atoms with Crippen LogP contribution in [0.15, 0.2) is 85.5 Å². The lowest BCUT2D eigenvalue weighted by Gasteiger charge is -2.17. The fraction of sp³-hybridized carbons (Fsp3) is 0.161. The van der Waals surface area contributed by atoms with Crippen molar-refractivity contribution in [3.63, 3.8) is 0 Å². The van der Waals surface area contributed by atoms with Crippen molar-refractivity contribution in [1.29, 1.82) is 0 Å². The maximum atomic E-state index is 13.3. The van der Waals surface area contributed by atoms with E-state index in [0.717, 1.165) is 29.1 Å². The number of alkyl halides is 3. The van der Waals surface area contributed by atoms with E-state index in [-0.39, 0.29) is 35.0 Å². The Morgan fingerprint density at radius 2 is 1.67 bits per heavy atom. The van der Waals surface area contributed by atoms with Gasteiger partial charge in [0.1, 0.15) is 5.75 Å². The predicted molar refractivity (Wildman–Crippen MR) is 163 cm³/mol. The second-order valence-electron chi connectivity index (χ2n) is 10.1. The number of amides is 3. The number of urea groups is 1. The molecular formula is C31H24F3N7O3S. The van der Waals surface area contributed by atoms with Crippen LogP contribution in [-0.4, -0.2) is 37.9 Å². The minimum absolute atomic E-state index is 0.0174. The number of carbonyl (C=O) groups excluding carboxylic acids is 2. The zero-order valence-electron chi connectivity index (χ0n) is 23.6. The molecule has 1 fully saturated rings. The van der Waals surface area contributed by atoms with Crippen LogP contribution in [0, 0.1) is 0 Å². The summed E-state index contributed by atoms with van der Waals surface area (Å²) in [6.45, 7) is 2.01. The molecule has 1 aliphatic rings. The first-order valence-corrected chi connectivity index (χ1v) is 14.5. The molecule has 14 heteroatoms. The number of anilines is 3. The largest absolute Gasteiger partial charge is 0.424 e. The van der Waals surface area contributed by atoms with Gasteiger partial charge in [-0.2, -0.15) is 13.2 Å². The summed E-state index contributed by atoms with van der Waals surface area (Å²) >= 11 is 1.44. The Hall–Kier alpha value is -5.37. The van der Waals surface area contributed by atoms with E-state index in [2.05, 4.69) is 30.6 Å². The predicted octanol–water partition coefficient (Wildman–Crippen LogP) is 7.63. The quantitative estimate of drug-likeness (QED) is 0.189. The van der Waals surface area contributed by atoms with Crippen molar-refractivity contribution in [2.75, 3.05) is 15.5 Å². The van der Waals surface area contributed by atoms with Gasteiger partial charge >= 0.3 is 18.2 Å². The lowest BCUT2D eigenvalue weighted by atomic mass is 10.1. The first-order chi connectivity index (χ1) is 21.6. The summed E-state index contributed by atoms with van der Waals surface area (Å²) in [4.78, 5) is 44.2. The van der Waals surface area contributed by atoms with E-state index in [4.69, 9.17) is 4.74 Å². The molecule has 0 aliphatic carbocycles. The van der Waals surface area contributed by atoms with Gasteiger partial charge in [-0.25, -0.2) is 19.7 Å². The van der Waals surface area contributed by atoms with E-state index >= 15 is 0 Å². The number of rotatable bonds is 7. The minimum atomic E-state index is -4.64. The number of hydrogen-bond donors (Lipinski definition) is 2. The SMILES string of the molecule is CC1CCC(=O)N1c1ncc(-c2ccc(Oc3ncc(NC(=O)Nc4cc(C(F)(F)F)cnc4-c4ccccc4)cn3)cc2)s1. The molecule has 5 aromatic rings. The highest BCUT2D eigenvalue weighted by Crippen LogP contribution is 2.36. The number of halogens is 3. The van der Waals surface area contributed by atoms with Crippen LogP contribution in [0.1, 0.15) is 25.3 Å². The average Bonchev–Trinajstić information content (AvgIpc) is 3.64. The Balaban J connectivity index is 1.09. The van der Waals surface area contributed by atoms with Crippen molar-refractivity contribution in [1.82, 2.24) is 19.9 Å². The third-order valence-electron chi connectivity index (χ3n) is 6.93. The molecular weight excluding hydrogens is 607 g/mol. The summed E-state index contributed by atoms with van der Waals surface area (Å²) in [5.74, 6) is 0.551. The smallest absolute Gasteiger partial charge is 0.417 e. The number of nitrogens with zero attached hydrogens (tertiary/aromatic N) is 5. The molecule has 0 radical (unpaired) electrons. The number of benzene rings is 2. The Kier molecular flexibility index (Phi) is 8.13. The summed E-state index contributed by atoms with van der Waals surface area (Å²) in [5.41, 5.74) is 0.680. The first-order valence-electron chi connectivity index (χ1n) is 13.7. The third-order valence-corrected chi connectivity index (χ3v) is 7.98. The third kappa shape index (κ3) is 6.75. The second kappa shape index (κ2) is 12.3. The van der Waals surface area contributed by atoms with Crippen LogP contribution >= 0.6 is 11.3 Å². The number of carbonyl (C=O) groups is 2. The molecule has 3 aromatic heterocycles. The number of nitrogens with one attached hydrogen (secondary N) is 2. The molecule has 0 saturated carbocycles. The maximum absolute atomic E-state index is 13.3. The monoisotopic (exact) mass is 631 g/mol. The Bertz CT molecular complexity index is 1830. The highest BCUT2D eigenvalue weighted by molar-refractivity contribution is 7.19. The van der Waals surface area contributed by atoms with Crippen LogP contribution in [0.2, 0.25) is 0 Å². The highest BCUT2D eigenvalue weighted by atomic mass is 32.1. The summed E-state index contributed by atoms with van der Waals surface area (Å²) in [7, 11) is 0. The number of aromatic nitrogens is 4. The number of thiazole rings is 1. The average molecular weight is 632 g/mol. The fourth-order valence-electron chi connectivity index (χ4n) is 4.68. The van der Waals surface area contributed by atoms with Gasteiger partial charge in [0.2, 0.25) is 5.91 Å². The lowest BCUT2D eigenvalue weighted by Crippen LogP contribution is -2.30. The molecule has 0 bridgehead atoms. The van der Waals surface area contributed by atoms with Gasteiger partial charge in [0.15, 0.2) is 5.13 Å². The highest BCUT2D eigenvalue weighted by Gasteiger charge is 2.32. The molecule has 1 aliphatic heterocycles. The van der Waals surface area contributed by atoms with Gasteiger partial charge < -0.3 is 15.4 Å². The van der Waals surface area contributed by atoms with E-state index in [1.807, 2.05) is 19.1 Å². The van der Waals surface area contributed by atoms with Gasteiger partial charge in [-0.3, -0.25) is 14.7 Å². The Morgan fingerprint density at radius 3 is 2.33 bits per heavy atom. The molecule has 0 spiro atoms. The number of ether oxygens (including phenoxy) is 1. The molecule has 1 atom stereocenters. The molecule has 2 aromatic carbocycles. The summed E-state index contributed by atoms with van der Waals surface area (Å²) < 4.78 is 45.8. The zero-order chi connectivity index (χ0) is 31.6. The van der Waals surface area contributed by atoms with Crippen LogP contribution in [0.3, 0.4) is 0 Å². The molecule has 3 amide bonds. The second-order valence-corrected chi connectivity index (χ2v) is 11.1. The van der Waals surface area contributed by atoms with E-state index in [1.165, 1.54) is 23.7 Å². The zero-order valence-corrected chi connectivity index (χ0v) is 24.4. The minimum Gasteiger partial charge on any atom is -0.424 e. The van der Waals surface area contributed by atoms with Crippen molar-refractivity contribution in [2.24, 2.45) is 0 Å². The van der Waals surface area contributed by atoms with E-state index in [1.54, 1.807) is 53.6 Å². The van der Waals surface area contributed by atoms with Crippen LogP contribution < -0.4 is 20.3 Å². The summed E-state index contributed by atoms with van der Waals surface area (Å²) in [6.07, 6.45) is 1.78. The van der Waals surface area contributed by atoms with Crippen molar-refractivity contribution in [3.8, 4) is 33.5 Å². The van der Waals surface area contributed by atoms with E-state index < -0.39 is 17.8 Å². The van der Waals surface area contributed by atoms with Gasteiger partial charge in [0.25, 0.3) is 0 Å². The lowest BCUT2D eigenvalue weighted by molar-refractivity contribution is -0.137. The molecule has 45 heavy (non-hydrogen) atoms. The van der Waals surface area contributed by atoms with Gasteiger partial charge in [0, 0.05) is 30.4 Å². The van der Waals surface area contributed by atoms with E-state index in [9.17, 15) is 22.8 Å². The molecule has 1 saturated heterocycles. The fourth-order valence-corrected chi connectivity index (χ4v) is 5.73. The standard InChI is InChI=1S/C31H24F3N7O3S/c1-18-7-12-26(42)41(18)30-38-17-25(45-30)19-8-10-23(11-9-19)44-29-36-15-22(16-37-29)39-28(43)40-24-13-21(31(32,33)34)14-35-27(24)20-5-3-2-4-6-20/h2-6,8-11,13-18H,7,12H2,1H3,(H2,39,40,43). The summed E-state index contributed by atoms with van der Waals surface area (Å²) in [6, 6.07) is 15.9. The van der Waals surface area contributed by atoms with Crippen LogP contribution in [0.4, 0.5) is 34.5 Å². The van der Waals surface area contributed by atoms with Crippen molar-refractivity contribution >= 4 is 39.8 Å². The molecule has 6 rings (SSSR count). The van der Waals surface area contributed by atoms with Crippen LogP contribution in [0.25, 0.3) is 21.7 Å². The van der Waals surface area contributed by atoms with Gasteiger partial charge in [0.05, 0.1) is 39.9 Å². The molecule has 228 valence electrons. The Morgan fingerprint density at radius 1 is 0.933 bits per heavy atom. The van der Waals surface area contributed by atoms with Gasteiger partial charge in [-0.15, -0.1) is 0 Å². The van der Waals surface area contributed by atoms with E-state index in [0.29, 0.717) is 22.9 Å².